The lowest BCUT2D eigenvalue weighted by molar-refractivity contribution is 0.919. The minimum atomic E-state index is 0.440. The van der Waals surface area contributed by atoms with E-state index in [1.165, 1.54) is 11.3 Å². The van der Waals surface area contributed by atoms with Crippen molar-refractivity contribution in [1.29, 1.82) is 0 Å². The van der Waals surface area contributed by atoms with Gasteiger partial charge in [-0.3, -0.25) is 0 Å². The molecular formula is C19H18ClN5. The number of benzene rings is 2. The average molecular weight is 352 g/mol. The number of rotatable bonds is 3. The van der Waals surface area contributed by atoms with Crippen molar-refractivity contribution >= 4 is 34.7 Å². The lowest BCUT2D eigenvalue weighted by atomic mass is 10.1. The van der Waals surface area contributed by atoms with Gasteiger partial charge >= 0.3 is 0 Å². The molecule has 5 nitrogen and oxygen atoms in total. The van der Waals surface area contributed by atoms with Crippen LogP contribution in [0.15, 0.2) is 42.6 Å². The predicted octanol–water partition coefficient (Wildman–Crippen LogP) is 4.58. The standard InChI is InChI=1S/C19H18ClN5/c1-12-9-13(2)18(15(20)10-12)23-19-22-17(11-21-24-19)25-8-7-14-5-3-4-6-16(14)25/h3-6,9-11H,7-8H2,1-2H3,(H,22,23,24). The van der Waals surface area contributed by atoms with Crippen LogP contribution >= 0.6 is 11.6 Å². The van der Waals surface area contributed by atoms with Crippen LogP contribution in [0.25, 0.3) is 0 Å². The second-order valence-corrected chi connectivity index (χ2v) is 6.64. The summed E-state index contributed by atoms with van der Waals surface area (Å²) < 4.78 is 0. The summed E-state index contributed by atoms with van der Waals surface area (Å²) in [5, 5.41) is 12.1. The fourth-order valence-corrected chi connectivity index (χ4v) is 3.61. The first-order chi connectivity index (χ1) is 12.1. The zero-order chi connectivity index (χ0) is 17.4. The SMILES string of the molecule is Cc1cc(C)c(Nc2nncc(N3CCc4ccccc43)n2)c(Cl)c1. The largest absolute Gasteiger partial charge is 0.324 e. The summed E-state index contributed by atoms with van der Waals surface area (Å²) in [4.78, 5) is 6.80. The highest BCUT2D eigenvalue weighted by atomic mass is 35.5. The fourth-order valence-electron chi connectivity index (χ4n) is 3.24. The van der Waals surface area contributed by atoms with E-state index >= 15 is 0 Å². The summed E-state index contributed by atoms with van der Waals surface area (Å²) >= 11 is 6.37. The molecule has 1 aliphatic heterocycles. The molecule has 4 rings (SSSR count). The maximum atomic E-state index is 6.37. The summed E-state index contributed by atoms with van der Waals surface area (Å²) in [6.45, 7) is 4.92. The van der Waals surface area contributed by atoms with E-state index in [1.54, 1.807) is 6.20 Å². The average Bonchev–Trinajstić information content (AvgIpc) is 3.02. The number of anilines is 4. The van der Waals surface area contributed by atoms with Gasteiger partial charge in [0, 0.05) is 12.2 Å². The summed E-state index contributed by atoms with van der Waals surface area (Å²) in [6, 6.07) is 12.4. The molecule has 3 aromatic rings. The number of halogens is 1. The Morgan fingerprint density at radius 3 is 2.84 bits per heavy atom. The van der Waals surface area contributed by atoms with Gasteiger partial charge in [-0.15, -0.1) is 5.10 Å². The molecule has 0 atom stereocenters. The Labute approximate surface area is 151 Å². The Hall–Kier alpha value is -2.66. The molecule has 25 heavy (non-hydrogen) atoms. The van der Waals surface area contributed by atoms with Crippen molar-refractivity contribution in [1.82, 2.24) is 15.2 Å². The van der Waals surface area contributed by atoms with Crippen LogP contribution in [-0.2, 0) is 6.42 Å². The van der Waals surface area contributed by atoms with Crippen LogP contribution in [0.2, 0.25) is 5.02 Å². The van der Waals surface area contributed by atoms with Crippen LogP contribution in [-0.4, -0.2) is 21.7 Å². The second-order valence-electron chi connectivity index (χ2n) is 6.23. The van der Waals surface area contributed by atoms with Gasteiger partial charge in [0.25, 0.3) is 0 Å². The van der Waals surface area contributed by atoms with E-state index in [2.05, 4.69) is 49.7 Å². The summed E-state index contributed by atoms with van der Waals surface area (Å²) in [5.74, 6) is 1.22. The minimum absolute atomic E-state index is 0.440. The van der Waals surface area contributed by atoms with Crippen LogP contribution in [0.5, 0.6) is 0 Å². The first kappa shape index (κ1) is 15.8. The number of fused-ring (bicyclic) bond motifs is 1. The highest BCUT2D eigenvalue weighted by molar-refractivity contribution is 6.33. The van der Waals surface area contributed by atoms with E-state index in [4.69, 9.17) is 11.6 Å². The van der Waals surface area contributed by atoms with Crippen LogP contribution < -0.4 is 10.2 Å². The molecule has 0 saturated carbocycles. The quantitative estimate of drug-likeness (QED) is 0.748. The third-order valence-electron chi connectivity index (χ3n) is 4.38. The van der Waals surface area contributed by atoms with Crippen molar-refractivity contribution in [2.24, 2.45) is 0 Å². The van der Waals surface area contributed by atoms with Gasteiger partial charge in [0.1, 0.15) is 0 Å². The zero-order valence-electron chi connectivity index (χ0n) is 14.1. The van der Waals surface area contributed by atoms with Gasteiger partial charge in [-0.05, 0) is 49.1 Å². The topological polar surface area (TPSA) is 53.9 Å². The van der Waals surface area contributed by atoms with Gasteiger partial charge in [0.05, 0.1) is 16.9 Å². The molecule has 6 heteroatoms. The molecule has 0 saturated heterocycles. The molecule has 2 heterocycles. The monoisotopic (exact) mass is 351 g/mol. The van der Waals surface area contributed by atoms with Crippen LogP contribution in [0, 0.1) is 13.8 Å². The van der Waals surface area contributed by atoms with Gasteiger partial charge in [-0.25, -0.2) is 0 Å². The Balaban J connectivity index is 1.65. The normalized spacial score (nSPS) is 13.0. The predicted molar refractivity (Wildman–Crippen MR) is 101 cm³/mol. The lowest BCUT2D eigenvalue weighted by Crippen LogP contribution is -2.16. The van der Waals surface area contributed by atoms with Crippen molar-refractivity contribution in [3.63, 3.8) is 0 Å². The molecular weight excluding hydrogens is 334 g/mol. The molecule has 1 N–H and O–H groups in total. The maximum absolute atomic E-state index is 6.37. The summed E-state index contributed by atoms with van der Waals surface area (Å²) in [7, 11) is 0. The zero-order valence-corrected chi connectivity index (χ0v) is 14.9. The van der Waals surface area contributed by atoms with Crippen molar-refractivity contribution < 1.29 is 0 Å². The van der Waals surface area contributed by atoms with Crippen molar-refractivity contribution in [2.75, 3.05) is 16.8 Å². The Morgan fingerprint density at radius 2 is 2.00 bits per heavy atom. The first-order valence-electron chi connectivity index (χ1n) is 8.21. The van der Waals surface area contributed by atoms with E-state index in [1.807, 2.05) is 26.0 Å². The van der Waals surface area contributed by atoms with Crippen molar-refractivity contribution in [3.8, 4) is 0 Å². The van der Waals surface area contributed by atoms with Gasteiger partial charge < -0.3 is 10.2 Å². The number of para-hydroxylation sites is 1. The molecule has 0 radical (unpaired) electrons. The molecule has 1 aromatic heterocycles. The van der Waals surface area contributed by atoms with Gasteiger partial charge in [0.15, 0.2) is 5.82 Å². The summed E-state index contributed by atoms with van der Waals surface area (Å²) in [6.07, 6.45) is 2.70. The third-order valence-corrected chi connectivity index (χ3v) is 4.68. The number of hydrogen-bond donors (Lipinski definition) is 1. The lowest BCUT2D eigenvalue weighted by Gasteiger charge is -2.18. The molecule has 0 unspecified atom stereocenters. The van der Waals surface area contributed by atoms with E-state index in [-0.39, 0.29) is 0 Å². The molecule has 0 fully saturated rings. The van der Waals surface area contributed by atoms with Gasteiger partial charge in [-0.1, -0.05) is 35.9 Å². The number of nitrogens with zero attached hydrogens (tertiary/aromatic N) is 4. The first-order valence-corrected chi connectivity index (χ1v) is 8.58. The highest BCUT2D eigenvalue weighted by Crippen LogP contribution is 2.34. The van der Waals surface area contributed by atoms with E-state index in [9.17, 15) is 0 Å². The third kappa shape index (κ3) is 3.03. The van der Waals surface area contributed by atoms with Gasteiger partial charge in [0.2, 0.25) is 5.95 Å². The van der Waals surface area contributed by atoms with Crippen molar-refractivity contribution in [3.05, 3.63) is 64.3 Å². The number of nitrogens with one attached hydrogen (secondary N) is 1. The number of aryl methyl sites for hydroxylation is 2. The number of aromatic nitrogens is 3. The Bertz CT molecular complexity index is 918. The second kappa shape index (κ2) is 6.33. The van der Waals surface area contributed by atoms with E-state index in [0.29, 0.717) is 11.0 Å². The molecule has 0 amide bonds. The minimum Gasteiger partial charge on any atom is -0.324 e. The van der Waals surface area contributed by atoms with Crippen LogP contribution in [0.1, 0.15) is 16.7 Å². The van der Waals surface area contributed by atoms with Crippen LogP contribution in [0.3, 0.4) is 0 Å². The molecule has 126 valence electrons. The van der Waals surface area contributed by atoms with E-state index < -0.39 is 0 Å². The van der Waals surface area contributed by atoms with E-state index in [0.717, 1.165) is 35.6 Å². The fraction of sp³-hybridized carbons (Fsp3) is 0.211. The Morgan fingerprint density at radius 1 is 1.16 bits per heavy atom. The molecule has 1 aliphatic rings. The number of hydrogen-bond acceptors (Lipinski definition) is 5. The highest BCUT2D eigenvalue weighted by Gasteiger charge is 2.21. The summed E-state index contributed by atoms with van der Waals surface area (Å²) in [5.41, 5.74) is 5.49. The molecule has 0 aliphatic carbocycles. The van der Waals surface area contributed by atoms with Crippen LogP contribution in [0.4, 0.5) is 23.1 Å². The Kier molecular flexibility index (Phi) is 4.01. The van der Waals surface area contributed by atoms with Gasteiger partial charge in [-0.2, -0.15) is 10.1 Å². The molecule has 0 bridgehead atoms. The van der Waals surface area contributed by atoms with Crippen molar-refractivity contribution in [2.45, 2.75) is 20.3 Å². The smallest absolute Gasteiger partial charge is 0.249 e. The molecule has 2 aromatic carbocycles. The molecule has 0 spiro atoms. The maximum Gasteiger partial charge on any atom is 0.249 e.